The van der Waals surface area contributed by atoms with Crippen LogP contribution in [0.1, 0.15) is 45.2 Å². The highest BCUT2D eigenvalue weighted by Gasteiger charge is 2.32. The van der Waals surface area contributed by atoms with Crippen LogP contribution in [-0.2, 0) is 37.3 Å². The number of benzene rings is 3. The molecule has 268 valence electrons. The largest absolute Gasteiger partial charge is 0.489 e. The van der Waals surface area contributed by atoms with Gasteiger partial charge < -0.3 is 38.8 Å². The Balaban J connectivity index is 1.49. The molecule has 0 bridgehead atoms. The van der Waals surface area contributed by atoms with E-state index in [0.717, 1.165) is 11.1 Å². The first-order chi connectivity index (χ1) is 23.6. The normalized spacial score (nSPS) is 13.9. The van der Waals surface area contributed by atoms with Gasteiger partial charge in [0.2, 0.25) is 16.8 Å². The van der Waals surface area contributed by atoms with Crippen molar-refractivity contribution in [2.24, 2.45) is 5.92 Å². The Labute approximate surface area is 289 Å². The highest BCUT2D eigenvalue weighted by Crippen LogP contribution is 2.35. The van der Waals surface area contributed by atoms with Gasteiger partial charge in [-0.15, -0.1) is 0 Å². The third-order valence-electron chi connectivity index (χ3n) is 7.63. The van der Waals surface area contributed by atoms with E-state index in [1.165, 1.54) is 16.4 Å². The van der Waals surface area contributed by atoms with Gasteiger partial charge in [-0.05, 0) is 61.6 Å². The lowest BCUT2D eigenvalue weighted by Crippen LogP contribution is -2.51. The van der Waals surface area contributed by atoms with Gasteiger partial charge in [0.15, 0.2) is 17.8 Å². The first-order valence-corrected chi connectivity index (χ1v) is 18.0. The monoisotopic (exact) mass is 700 g/mol. The fourth-order valence-electron chi connectivity index (χ4n) is 5.23. The maximum Gasteiger partial charge on any atom is 0.407 e. The number of nitrogens with zero attached hydrogens (tertiary/aromatic N) is 1. The highest BCUT2D eigenvalue weighted by molar-refractivity contribution is 7.89. The van der Waals surface area contributed by atoms with Crippen LogP contribution in [0, 0.1) is 5.92 Å². The van der Waals surface area contributed by atoms with E-state index in [0.29, 0.717) is 43.5 Å². The topological polar surface area (TPSA) is 142 Å². The minimum Gasteiger partial charge on any atom is -0.489 e. The molecule has 49 heavy (non-hydrogen) atoms. The van der Waals surface area contributed by atoms with E-state index in [9.17, 15) is 18.3 Å². The third kappa shape index (κ3) is 11.6. The fourth-order valence-corrected chi connectivity index (χ4v) is 6.87. The van der Waals surface area contributed by atoms with Crippen LogP contribution < -0.4 is 19.5 Å². The van der Waals surface area contributed by atoms with Crippen LogP contribution in [0.4, 0.5) is 4.79 Å². The smallest absolute Gasteiger partial charge is 0.407 e. The first kappa shape index (κ1) is 37.9. The summed E-state index contributed by atoms with van der Waals surface area (Å²) in [5.41, 5.74) is 1.83. The van der Waals surface area contributed by atoms with Gasteiger partial charge in [0.05, 0.1) is 23.6 Å². The molecule has 1 amide bonds. The second-order valence-electron chi connectivity index (χ2n) is 11.9. The van der Waals surface area contributed by atoms with Gasteiger partial charge in [0.1, 0.15) is 12.4 Å². The van der Waals surface area contributed by atoms with Crippen LogP contribution in [0.15, 0.2) is 77.7 Å². The van der Waals surface area contributed by atoms with Crippen molar-refractivity contribution in [3.05, 3.63) is 83.9 Å². The van der Waals surface area contributed by atoms with E-state index in [1.807, 2.05) is 82.3 Å². The summed E-state index contributed by atoms with van der Waals surface area (Å²) in [5, 5.41) is 14.4. The van der Waals surface area contributed by atoms with Gasteiger partial charge in [-0.25, -0.2) is 13.2 Å². The Morgan fingerprint density at radius 2 is 1.61 bits per heavy atom. The molecule has 0 unspecified atom stereocenters. The van der Waals surface area contributed by atoms with Crippen molar-refractivity contribution < 1.29 is 46.7 Å². The predicted molar refractivity (Wildman–Crippen MR) is 183 cm³/mol. The van der Waals surface area contributed by atoms with E-state index in [2.05, 4.69) is 5.32 Å². The zero-order chi connectivity index (χ0) is 35.2. The molecule has 12 nitrogen and oxygen atoms in total. The minimum atomic E-state index is -4.07. The number of amides is 1. The molecule has 2 atom stereocenters. The number of aliphatic hydroxyl groups is 1. The summed E-state index contributed by atoms with van der Waals surface area (Å²) >= 11 is 0. The zero-order valence-electron chi connectivity index (χ0n) is 28.6. The molecule has 13 heteroatoms. The SMILES string of the molecule is CCOC(CCOC(=O)N[C@@H](Cc1ccc(OCc2ccccc2)cc1)[C@H](O)CN(CC(C)C)S(=O)(=O)c1ccc2c(c1)OCO2)OCC. The first-order valence-electron chi connectivity index (χ1n) is 16.6. The molecule has 2 N–H and O–H groups in total. The summed E-state index contributed by atoms with van der Waals surface area (Å²) in [4.78, 5) is 13.0. The Morgan fingerprint density at radius 1 is 0.918 bits per heavy atom. The van der Waals surface area contributed by atoms with Crippen LogP contribution in [0.3, 0.4) is 0 Å². The van der Waals surface area contributed by atoms with Gasteiger partial charge in [-0.3, -0.25) is 0 Å². The maximum atomic E-state index is 13.9. The number of aliphatic hydroxyl groups excluding tert-OH is 1. The van der Waals surface area contributed by atoms with E-state index in [4.69, 9.17) is 28.4 Å². The molecule has 0 aromatic heterocycles. The summed E-state index contributed by atoms with van der Waals surface area (Å²) in [6.45, 7) is 8.66. The molecule has 0 radical (unpaired) electrons. The van der Waals surface area contributed by atoms with Crippen molar-refractivity contribution in [3.8, 4) is 17.2 Å². The lowest BCUT2D eigenvalue weighted by molar-refractivity contribution is -0.144. The maximum absolute atomic E-state index is 13.9. The molecule has 0 saturated carbocycles. The van der Waals surface area contributed by atoms with Gasteiger partial charge in [0, 0.05) is 38.8 Å². The Bertz CT molecular complexity index is 1550. The molecule has 0 fully saturated rings. The predicted octanol–water partition coefficient (Wildman–Crippen LogP) is 5.13. The van der Waals surface area contributed by atoms with Crippen LogP contribution in [0.2, 0.25) is 0 Å². The molecule has 0 spiro atoms. The number of alkyl carbamates (subject to hydrolysis) is 1. The van der Waals surface area contributed by atoms with Crippen LogP contribution in [-0.4, -0.2) is 82.1 Å². The number of hydrogen-bond acceptors (Lipinski definition) is 10. The standard InChI is InChI=1S/C36H48N2O10S/c1-5-43-35(44-6-2)18-19-45-36(40)37-31(20-27-12-14-29(15-13-27)46-24-28-10-8-7-9-11-28)32(39)23-38(22-26(3)4)49(41,42)30-16-17-33-34(21-30)48-25-47-33/h7-17,21,26,31-32,35,39H,5-6,18-20,22-25H2,1-4H3,(H,37,40)/t31-,32+/m0/s1. The number of sulfonamides is 1. The number of nitrogens with one attached hydrogen (secondary N) is 1. The highest BCUT2D eigenvalue weighted by atomic mass is 32.2. The number of ether oxygens (including phenoxy) is 6. The lowest BCUT2D eigenvalue weighted by atomic mass is 10.0. The molecule has 0 aliphatic carbocycles. The number of rotatable bonds is 20. The van der Waals surface area contributed by atoms with Crippen molar-refractivity contribution in [3.63, 3.8) is 0 Å². The number of fused-ring (bicyclic) bond motifs is 1. The van der Waals surface area contributed by atoms with Crippen molar-refractivity contribution >= 4 is 16.1 Å². The number of carbonyl (C=O) groups is 1. The number of carbonyl (C=O) groups excluding carboxylic acids is 1. The van der Waals surface area contributed by atoms with Crippen LogP contribution >= 0.6 is 0 Å². The van der Waals surface area contributed by atoms with E-state index >= 15 is 0 Å². The average molecular weight is 701 g/mol. The van der Waals surface area contributed by atoms with E-state index in [1.54, 1.807) is 6.07 Å². The molecule has 4 rings (SSSR count). The van der Waals surface area contributed by atoms with Crippen molar-refractivity contribution in [2.75, 3.05) is 39.7 Å². The number of hydrogen-bond donors (Lipinski definition) is 2. The Morgan fingerprint density at radius 3 is 2.29 bits per heavy atom. The van der Waals surface area contributed by atoms with Gasteiger partial charge in [-0.2, -0.15) is 4.31 Å². The molecule has 0 saturated heterocycles. The second kappa shape index (κ2) is 18.8. The minimum absolute atomic E-state index is 0.00868. The lowest BCUT2D eigenvalue weighted by Gasteiger charge is -2.30. The van der Waals surface area contributed by atoms with Gasteiger partial charge >= 0.3 is 6.09 Å². The third-order valence-corrected chi connectivity index (χ3v) is 9.46. The van der Waals surface area contributed by atoms with Gasteiger partial charge in [0.25, 0.3) is 0 Å². The summed E-state index contributed by atoms with van der Waals surface area (Å²) in [6, 6.07) is 20.6. The molecule has 1 heterocycles. The molecule has 3 aromatic carbocycles. The van der Waals surface area contributed by atoms with Gasteiger partial charge in [-0.1, -0.05) is 56.3 Å². The average Bonchev–Trinajstić information content (AvgIpc) is 3.56. The van der Waals surface area contributed by atoms with E-state index in [-0.39, 0.29) is 43.7 Å². The van der Waals surface area contributed by atoms with Crippen LogP contribution in [0.25, 0.3) is 0 Å². The quantitative estimate of drug-likeness (QED) is 0.152. The summed E-state index contributed by atoms with van der Waals surface area (Å²) in [6.07, 6.45) is -2.06. The molecule has 1 aliphatic rings. The van der Waals surface area contributed by atoms with Crippen molar-refractivity contribution in [1.82, 2.24) is 9.62 Å². The molecule has 3 aromatic rings. The Hall–Kier alpha value is -3.88. The molecular formula is C36H48N2O10S. The Kier molecular flexibility index (Phi) is 14.5. The summed E-state index contributed by atoms with van der Waals surface area (Å²) < 4.78 is 62.1. The fraction of sp³-hybridized carbons (Fsp3) is 0.472. The zero-order valence-corrected chi connectivity index (χ0v) is 29.4. The summed E-state index contributed by atoms with van der Waals surface area (Å²) in [5.74, 6) is 1.40. The second-order valence-corrected chi connectivity index (χ2v) is 13.9. The van der Waals surface area contributed by atoms with Crippen LogP contribution in [0.5, 0.6) is 17.2 Å². The van der Waals surface area contributed by atoms with Crippen molar-refractivity contribution in [1.29, 1.82) is 0 Å². The van der Waals surface area contributed by atoms with E-state index < -0.39 is 34.6 Å². The van der Waals surface area contributed by atoms with Crippen molar-refractivity contribution in [2.45, 2.75) is 70.5 Å². The molecule has 1 aliphatic heterocycles. The molecular weight excluding hydrogens is 652 g/mol. The summed E-state index contributed by atoms with van der Waals surface area (Å²) in [7, 11) is -4.07.